The minimum atomic E-state index is -0.812. The van der Waals surface area contributed by atoms with Crippen LogP contribution in [0.5, 0.6) is 0 Å². The van der Waals surface area contributed by atoms with E-state index in [1.807, 2.05) is 42.5 Å². The Morgan fingerprint density at radius 1 is 1.05 bits per heavy atom. The fraction of sp³-hybridized carbons (Fsp3) is 0.176. The Balaban J connectivity index is 2.03. The molecule has 2 aromatic carbocycles. The Labute approximate surface area is 122 Å². The number of benzene rings is 2. The molecule has 21 heavy (non-hydrogen) atoms. The zero-order valence-electron chi connectivity index (χ0n) is 11.6. The van der Waals surface area contributed by atoms with Crippen molar-refractivity contribution in [2.75, 3.05) is 5.32 Å². The maximum Gasteiger partial charge on any atom is 0.339 e. The van der Waals surface area contributed by atoms with Crippen LogP contribution in [0.15, 0.2) is 54.6 Å². The minimum Gasteiger partial charge on any atom is -0.448 e. The Kier molecular flexibility index (Phi) is 3.44. The molecule has 0 spiro atoms. The van der Waals surface area contributed by atoms with Crippen LogP contribution in [0.3, 0.4) is 0 Å². The highest BCUT2D eigenvalue weighted by atomic mass is 16.5. The van der Waals surface area contributed by atoms with Gasteiger partial charge in [-0.3, -0.25) is 4.79 Å². The van der Waals surface area contributed by atoms with Gasteiger partial charge < -0.3 is 10.1 Å². The summed E-state index contributed by atoms with van der Waals surface area (Å²) >= 11 is 0. The van der Waals surface area contributed by atoms with Crippen molar-refractivity contribution in [2.24, 2.45) is 0 Å². The highest BCUT2D eigenvalue weighted by Crippen LogP contribution is 2.32. The lowest BCUT2D eigenvalue weighted by atomic mass is 9.91. The molecule has 1 heterocycles. The number of carbonyl (C=O) groups is 2. The van der Waals surface area contributed by atoms with Gasteiger partial charge >= 0.3 is 5.97 Å². The van der Waals surface area contributed by atoms with Gasteiger partial charge in [0.1, 0.15) is 0 Å². The number of rotatable bonds is 3. The van der Waals surface area contributed by atoms with Gasteiger partial charge in [0.05, 0.1) is 11.6 Å². The van der Waals surface area contributed by atoms with Crippen molar-refractivity contribution in [3.05, 3.63) is 65.7 Å². The van der Waals surface area contributed by atoms with Gasteiger partial charge in [0, 0.05) is 5.69 Å². The third kappa shape index (κ3) is 2.52. The summed E-state index contributed by atoms with van der Waals surface area (Å²) in [6, 6.07) is 16.4. The topological polar surface area (TPSA) is 55.4 Å². The Bertz CT molecular complexity index is 681. The molecule has 1 aliphatic rings. The number of esters is 1. The molecule has 0 unspecified atom stereocenters. The molecule has 1 N–H and O–H groups in total. The van der Waals surface area contributed by atoms with Gasteiger partial charge in [-0.25, -0.2) is 4.79 Å². The van der Waals surface area contributed by atoms with Crippen molar-refractivity contribution >= 4 is 17.4 Å². The highest BCUT2D eigenvalue weighted by molar-refractivity contribution is 5.96. The normalized spacial score (nSPS) is 20.3. The molecule has 0 radical (unpaired) electrons. The third-order valence-electron chi connectivity index (χ3n) is 3.55. The van der Waals surface area contributed by atoms with Crippen LogP contribution in [0.1, 0.15) is 28.9 Å². The number of Topliss-reactive ketones (excluding diaryl/α,β-unsaturated/α-hetero) is 1. The summed E-state index contributed by atoms with van der Waals surface area (Å²) in [4.78, 5) is 23.8. The van der Waals surface area contributed by atoms with Gasteiger partial charge in [-0.2, -0.15) is 0 Å². The van der Waals surface area contributed by atoms with Crippen molar-refractivity contribution in [3.63, 3.8) is 0 Å². The standard InChI is InChI=1S/C17H15NO3/c1-11(19)16-15(18-12-7-3-2-4-8-12)13-9-5-6-10-14(13)17(20)21-16/h2-10,15-16,18H,1H3/t15-,16-/m0/s1. The minimum absolute atomic E-state index is 0.175. The van der Waals surface area contributed by atoms with Crippen molar-refractivity contribution in [1.82, 2.24) is 0 Å². The molecular weight excluding hydrogens is 266 g/mol. The van der Waals surface area contributed by atoms with E-state index in [0.29, 0.717) is 5.56 Å². The number of cyclic esters (lactones) is 1. The number of anilines is 1. The largest absolute Gasteiger partial charge is 0.448 e. The van der Waals surface area contributed by atoms with Crippen LogP contribution in [-0.4, -0.2) is 17.9 Å². The summed E-state index contributed by atoms with van der Waals surface area (Å²) in [6.45, 7) is 1.44. The van der Waals surface area contributed by atoms with E-state index in [4.69, 9.17) is 4.74 Å². The van der Waals surface area contributed by atoms with E-state index in [2.05, 4.69) is 5.32 Å². The van der Waals surface area contributed by atoms with Crippen LogP contribution in [0.2, 0.25) is 0 Å². The Morgan fingerprint density at radius 2 is 1.71 bits per heavy atom. The van der Waals surface area contributed by atoms with Gasteiger partial charge in [0.15, 0.2) is 11.9 Å². The lowest BCUT2D eigenvalue weighted by molar-refractivity contribution is -0.126. The first-order valence-corrected chi connectivity index (χ1v) is 6.79. The third-order valence-corrected chi connectivity index (χ3v) is 3.55. The summed E-state index contributed by atoms with van der Waals surface area (Å²) in [7, 11) is 0. The molecule has 4 heteroatoms. The first-order chi connectivity index (χ1) is 10.2. The number of fused-ring (bicyclic) bond motifs is 1. The summed E-state index contributed by atoms with van der Waals surface area (Å²) in [5.74, 6) is -0.622. The summed E-state index contributed by atoms with van der Waals surface area (Å²) < 4.78 is 5.31. The second kappa shape index (κ2) is 5.40. The number of ketones is 1. The van der Waals surface area contributed by atoms with E-state index >= 15 is 0 Å². The van der Waals surface area contributed by atoms with E-state index in [-0.39, 0.29) is 11.8 Å². The highest BCUT2D eigenvalue weighted by Gasteiger charge is 2.38. The fourth-order valence-corrected chi connectivity index (χ4v) is 2.55. The monoisotopic (exact) mass is 281 g/mol. The molecular formula is C17H15NO3. The van der Waals surface area contributed by atoms with Gasteiger partial charge in [-0.1, -0.05) is 36.4 Å². The molecule has 0 fully saturated rings. The molecule has 2 atom stereocenters. The van der Waals surface area contributed by atoms with Crippen molar-refractivity contribution in [1.29, 1.82) is 0 Å². The number of hydrogen-bond acceptors (Lipinski definition) is 4. The van der Waals surface area contributed by atoms with Crippen LogP contribution in [0.25, 0.3) is 0 Å². The van der Waals surface area contributed by atoms with Crippen molar-refractivity contribution in [3.8, 4) is 0 Å². The van der Waals surface area contributed by atoms with E-state index in [9.17, 15) is 9.59 Å². The summed E-state index contributed by atoms with van der Waals surface area (Å²) in [5, 5.41) is 3.29. The van der Waals surface area contributed by atoms with Crippen LogP contribution < -0.4 is 5.32 Å². The summed E-state index contributed by atoms with van der Waals surface area (Å²) in [6.07, 6.45) is -0.812. The molecule has 0 saturated carbocycles. The lowest BCUT2D eigenvalue weighted by Gasteiger charge is -2.32. The molecule has 0 aliphatic carbocycles. The molecule has 106 valence electrons. The van der Waals surface area contributed by atoms with E-state index in [1.165, 1.54) is 6.92 Å². The SMILES string of the molecule is CC(=O)[C@@H]1OC(=O)c2ccccc2[C@@H]1Nc1ccccc1. The number of ether oxygens (including phenoxy) is 1. The van der Waals surface area contributed by atoms with E-state index < -0.39 is 12.1 Å². The number of hydrogen-bond donors (Lipinski definition) is 1. The Morgan fingerprint density at radius 3 is 2.43 bits per heavy atom. The number of para-hydroxylation sites is 1. The fourth-order valence-electron chi connectivity index (χ4n) is 2.55. The van der Waals surface area contributed by atoms with Crippen LogP contribution in [-0.2, 0) is 9.53 Å². The Hall–Kier alpha value is -2.62. The number of nitrogens with one attached hydrogen (secondary N) is 1. The lowest BCUT2D eigenvalue weighted by Crippen LogP contribution is -2.40. The first kappa shape index (κ1) is 13.4. The predicted octanol–water partition coefficient (Wildman–Crippen LogP) is 2.97. The second-order valence-corrected chi connectivity index (χ2v) is 5.01. The average molecular weight is 281 g/mol. The zero-order chi connectivity index (χ0) is 14.8. The van der Waals surface area contributed by atoms with Gasteiger partial charge in [0.25, 0.3) is 0 Å². The van der Waals surface area contributed by atoms with Gasteiger partial charge in [-0.05, 0) is 30.7 Å². The quantitative estimate of drug-likeness (QED) is 0.879. The maximum atomic E-state index is 12.0. The molecule has 0 saturated heterocycles. The molecule has 0 aromatic heterocycles. The zero-order valence-corrected chi connectivity index (χ0v) is 11.6. The molecule has 3 rings (SSSR count). The van der Waals surface area contributed by atoms with Gasteiger partial charge in [0.2, 0.25) is 0 Å². The van der Waals surface area contributed by atoms with Crippen molar-refractivity contribution in [2.45, 2.75) is 19.1 Å². The first-order valence-electron chi connectivity index (χ1n) is 6.79. The maximum absolute atomic E-state index is 12.0. The molecule has 0 amide bonds. The molecule has 0 bridgehead atoms. The van der Waals surface area contributed by atoms with E-state index in [0.717, 1.165) is 11.3 Å². The van der Waals surface area contributed by atoms with E-state index in [1.54, 1.807) is 12.1 Å². The average Bonchev–Trinajstić information content (AvgIpc) is 2.51. The molecule has 2 aromatic rings. The number of carbonyl (C=O) groups excluding carboxylic acids is 2. The van der Waals surface area contributed by atoms with Crippen molar-refractivity contribution < 1.29 is 14.3 Å². The molecule has 4 nitrogen and oxygen atoms in total. The van der Waals surface area contributed by atoms with Gasteiger partial charge in [-0.15, -0.1) is 0 Å². The smallest absolute Gasteiger partial charge is 0.339 e. The summed E-state index contributed by atoms with van der Waals surface area (Å²) in [5.41, 5.74) is 2.17. The van der Waals surface area contributed by atoms with Crippen LogP contribution in [0.4, 0.5) is 5.69 Å². The second-order valence-electron chi connectivity index (χ2n) is 5.01. The van der Waals surface area contributed by atoms with Crippen LogP contribution in [0, 0.1) is 0 Å². The predicted molar refractivity (Wildman–Crippen MR) is 79.1 cm³/mol. The van der Waals surface area contributed by atoms with Crippen LogP contribution >= 0.6 is 0 Å². The molecule has 1 aliphatic heterocycles.